The summed E-state index contributed by atoms with van der Waals surface area (Å²) < 4.78 is 17.6. The van der Waals surface area contributed by atoms with Crippen LogP contribution >= 0.6 is 0 Å². The van der Waals surface area contributed by atoms with Crippen molar-refractivity contribution in [2.45, 2.75) is 26.4 Å². The van der Waals surface area contributed by atoms with E-state index in [4.69, 9.17) is 4.52 Å². The third kappa shape index (κ3) is 3.89. The van der Waals surface area contributed by atoms with Gasteiger partial charge in [-0.15, -0.1) is 0 Å². The molecule has 1 heterocycles. The summed E-state index contributed by atoms with van der Waals surface area (Å²) in [7, 11) is 0. The molecule has 0 saturated carbocycles. The fourth-order valence-corrected chi connectivity index (χ4v) is 1.63. The normalized spacial score (nSPS) is 12.2. The third-order valence-electron chi connectivity index (χ3n) is 2.80. The Hall–Kier alpha value is -2.21. The smallest absolute Gasteiger partial charge is 0.242 e. The highest BCUT2D eigenvalue weighted by molar-refractivity contribution is 5.93. The van der Waals surface area contributed by atoms with Crippen molar-refractivity contribution in [1.29, 1.82) is 0 Å². The van der Waals surface area contributed by atoms with E-state index in [1.165, 1.54) is 12.1 Å². The molecule has 0 bridgehead atoms. The van der Waals surface area contributed by atoms with Crippen LogP contribution in [0.2, 0.25) is 0 Å². The molecule has 6 heteroatoms. The average molecular weight is 277 g/mol. The summed E-state index contributed by atoms with van der Waals surface area (Å²) in [5.74, 6) is 0.538. The van der Waals surface area contributed by atoms with Gasteiger partial charge in [-0.05, 0) is 31.5 Å². The van der Waals surface area contributed by atoms with Crippen LogP contribution in [0, 0.1) is 12.7 Å². The van der Waals surface area contributed by atoms with Crippen molar-refractivity contribution >= 4 is 11.7 Å². The lowest BCUT2D eigenvalue weighted by Crippen LogP contribution is -2.37. The second kappa shape index (κ2) is 6.29. The number of aryl methyl sites for hydroxylation is 1. The van der Waals surface area contributed by atoms with Crippen molar-refractivity contribution in [2.24, 2.45) is 0 Å². The number of nitrogens with zero attached hydrogens (tertiary/aromatic N) is 1. The van der Waals surface area contributed by atoms with Crippen molar-refractivity contribution in [1.82, 2.24) is 10.5 Å². The number of halogens is 1. The van der Waals surface area contributed by atoms with Gasteiger partial charge < -0.3 is 15.2 Å². The van der Waals surface area contributed by atoms with Crippen molar-refractivity contribution in [3.05, 3.63) is 47.5 Å². The van der Waals surface area contributed by atoms with E-state index >= 15 is 0 Å². The van der Waals surface area contributed by atoms with Crippen LogP contribution in [-0.4, -0.2) is 17.1 Å². The van der Waals surface area contributed by atoms with E-state index in [9.17, 15) is 9.18 Å². The fraction of sp³-hybridized carbons (Fsp3) is 0.286. The highest BCUT2D eigenvalue weighted by atomic mass is 19.1. The molecule has 5 nitrogen and oxygen atoms in total. The number of hydrogen-bond donors (Lipinski definition) is 2. The topological polar surface area (TPSA) is 67.2 Å². The van der Waals surface area contributed by atoms with Crippen molar-refractivity contribution < 1.29 is 13.7 Å². The van der Waals surface area contributed by atoms with Gasteiger partial charge in [-0.2, -0.15) is 0 Å². The molecule has 106 valence electrons. The van der Waals surface area contributed by atoms with E-state index < -0.39 is 6.04 Å². The molecule has 1 amide bonds. The molecule has 1 atom stereocenters. The predicted molar refractivity (Wildman–Crippen MR) is 72.6 cm³/mol. The minimum atomic E-state index is -0.406. The molecule has 2 aromatic rings. The summed E-state index contributed by atoms with van der Waals surface area (Å²) >= 11 is 0. The fourth-order valence-electron chi connectivity index (χ4n) is 1.63. The first-order valence-corrected chi connectivity index (χ1v) is 6.26. The number of aromatic nitrogens is 1. The zero-order chi connectivity index (χ0) is 14.5. The Morgan fingerprint density at radius 3 is 2.70 bits per heavy atom. The molecule has 0 aliphatic carbocycles. The van der Waals surface area contributed by atoms with Crippen LogP contribution in [0.3, 0.4) is 0 Å². The molecule has 0 aliphatic heterocycles. The van der Waals surface area contributed by atoms with Crippen LogP contribution in [0.4, 0.5) is 10.2 Å². The van der Waals surface area contributed by atoms with Gasteiger partial charge in [-0.3, -0.25) is 4.79 Å². The maximum atomic E-state index is 12.8. The summed E-state index contributed by atoms with van der Waals surface area (Å²) in [5, 5.41) is 9.38. The first-order valence-electron chi connectivity index (χ1n) is 6.26. The number of rotatable bonds is 5. The number of benzene rings is 1. The summed E-state index contributed by atoms with van der Waals surface area (Å²) in [6, 6.07) is 7.36. The van der Waals surface area contributed by atoms with E-state index in [0.717, 1.165) is 5.56 Å². The van der Waals surface area contributed by atoms with E-state index in [2.05, 4.69) is 15.8 Å². The summed E-state index contributed by atoms with van der Waals surface area (Å²) in [5.41, 5.74) is 0.906. The summed E-state index contributed by atoms with van der Waals surface area (Å²) in [6.07, 6.45) is 0. The molecule has 0 radical (unpaired) electrons. The molecule has 1 aromatic heterocycles. The minimum absolute atomic E-state index is 0.208. The number of amides is 1. The van der Waals surface area contributed by atoms with Crippen LogP contribution in [-0.2, 0) is 11.3 Å². The Balaban J connectivity index is 1.83. The van der Waals surface area contributed by atoms with Crippen LogP contribution in [0.1, 0.15) is 18.2 Å². The van der Waals surface area contributed by atoms with Crippen molar-refractivity contribution in [3.63, 3.8) is 0 Å². The standard InChI is InChI=1S/C14H16FN3O2/c1-9-7-13(18-20-9)17-14(19)10(2)16-8-11-3-5-12(15)6-4-11/h3-7,10,16H,8H2,1-2H3,(H,17,18,19)/t10-/m1/s1. The Kier molecular flexibility index (Phi) is 4.47. The Morgan fingerprint density at radius 2 is 2.10 bits per heavy atom. The van der Waals surface area contributed by atoms with Gasteiger partial charge in [0.25, 0.3) is 0 Å². The minimum Gasteiger partial charge on any atom is -0.360 e. The maximum Gasteiger partial charge on any atom is 0.242 e. The van der Waals surface area contributed by atoms with Crippen LogP contribution in [0.5, 0.6) is 0 Å². The molecule has 0 saturated heterocycles. The zero-order valence-corrected chi connectivity index (χ0v) is 11.3. The lowest BCUT2D eigenvalue weighted by atomic mass is 10.2. The average Bonchev–Trinajstić information content (AvgIpc) is 2.83. The Bertz CT molecular complexity index is 580. The Morgan fingerprint density at radius 1 is 1.40 bits per heavy atom. The van der Waals surface area contributed by atoms with Crippen LogP contribution in [0.15, 0.2) is 34.9 Å². The highest BCUT2D eigenvalue weighted by Crippen LogP contribution is 2.07. The monoisotopic (exact) mass is 277 g/mol. The largest absolute Gasteiger partial charge is 0.360 e. The second-order valence-electron chi connectivity index (χ2n) is 4.54. The zero-order valence-electron chi connectivity index (χ0n) is 11.3. The second-order valence-corrected chi connectivity index (χ2v) is 4.54. The quantitative estimate of drug-likeness (QED) is 0.879. The van der Waals surface area contributed by atoms with Gasteiger partial charge in [-0.1, -0.05) is 17.3 Å². The maximum absolute atomic E-state index is 12.8. The van der Waals surface area contributed by atoms with Crippen molar-refractivity contribution in [3.8, 4) is 0 Å². The van der Waals surface area contributed by atoms with Crippen molar-refractivity contribution in [2.75, 3.05) is 5.32 Å². The molecule has 2 N–H and O–H groups in total. The Labute approximate surface area is 116 Å². The van der Waals surface area contributed by atoms with Gasteiger partial charge in [0, 0.05) is 12.6 Å². The molecule has 0 unspecified atom stereocenters. The molecule has 0 fully saturated rings. The lowest BCUT2D eigenvalue weighted by molar-refractivity contribution is -0.117. The molecule has 2 rings (SSSR count). The summed E-state index contributed by atoms with van der Waals surface area (Å²) in [4.78, 5) is 11.9. The van der Waals surface area contributed by atoms with E-state index in [-0.39, 0.29) is 11.7 Å². The number of anilines is 1. The first kappa shape index (κ1) is 14.2. The number of nitrogens with one attached hydrogen (secondary N) is 2. The SMILES string of the molecule is Cc1cc(NC(=O)[C@@H](C)NCc2ccc(F)cc2)no1. The van der Waals surface area contributed by atoms with Gasteiger partial charge in [0.15, 0.2) is 5.82 Å². The van der Waals surface area contributed by atoms with Gasteiger partial charge in [-0.25, -0.2) is 4.39 Å². The predicted octanol–water partition coefficient (Wildman–Crippen LogP) is 2.24. The molecule has 20 heavy (non-hydrogen) atoms. The molecular weight excluding hydrogens is 261 g/mol. The van der Waals surface area contributed by atoms with Crippen LogP contribution in [0.25, 0.3) is 0 Å². The van der Waals surface area contributed by atoms with E-state index in [0.29, 0.717) is 18.1 Å². The van der Waals surface area contributed by atoms with Gasteiger partial charge >= 0.3 is 0 Å². The van der Waals surface area contributed by atoms with E-state index in [1.54, 1.807) is 32.0 Å². The van der Waals surface area contributed by atoms with Gasteiger partial charge in [0.2, 0.25) is 5.91 Å². The molecule has 0 aliphatic rings. The van der Waals surface area contributed by atoms with E-state index in [1.807, 2.05) is 0 Å². The number of carbonyl (C=O) groups excluding carboxylic acids is 1. The highest BCUT2D eigenvalue weighted by Gasteiger charge is 2.14. The first-order chi connectivity index (χ1) is 9.54. The van der Waals surface area contributed by atoms with Gasteiger partial charge in [0.1, 0.15) is 11.6 Å². The lowest BCUT2D eigenvalue weighted by Gasteiger charge is -2.12. The van der Waals surface area contributed by atoms with Gasteiger partial charge in [0.05, 0.1) is 6.04 Å². The molecule has 0 spiro atoms. The summed E-state index contributed by atoms with van der Waals surface area (Å²) in [6.45, 7) is 3.97. The molecule has 1 aromatic carbocycles. The number of carbonyl (C=O) groups is 1. The third-order valence-corrected chi connectivity index (χ3v) is 2.80. The number of hydrogen-bond acceptors (Lipinski definition) is 4. The van der Waals surface area contributed by atoms with Crippen LogP contribution < -0.4 is 10.6 Å². The molecular formula is C14H16FN3O2.